The molecule has 0 spiro atoms. The molecule has 1 heterocycles. The molecule has 2 rings (SSSR count). The Morgan fingerprint density at radius 2 is 2.05 bits per heavy atom. The fourth-order valence-corrected chi connectivity index (χ4v) is 2.63. The van der Waals surface area contributed by atoms with Gasteiger partial charge < -0.3 is 4.90 Å². The second-order valence-corrected chi connectivity index (χ2v) is 5.13. The van der Waals surface area contributed by atoms with Crippen molar-refractivity contribution in [2.24, 2.45) is 5.92 Å². The van der Waals surface area contributed by atoms with Gasteiger partial charge in [-0.1, -0.05) is 18.5 Å². The average Bonchev–Trinajstić information content (AvgIpc) is 2.42. The van der Waals surface area contributed by atoms with Crippen molar-refractivity contribution in [2.45, 2.75) is 26.2 Å². The lowest BCUT2D eigenvalue weighted by molar-refractivity contribution is -0.133. The van der Waals surface area contributed by atoms with E-state index in [9.17, 15) is 18.4 Å². The lowest BCUT2D eigenvalue weighted by atomic mass is 9.91. The summed E-state index contributed by atoms with van der Waals surface area (Å²) in [6.45, 7) is 2.04. The van der Waals surface area contributed by atoms with Crippen LogP contribution in [0, 0.1) is 17.6 Å². The maximum Gasteiger partial charge on any atom is 0.237 e. The largest absolute Gasteiger partial charge is 0.310 e. The van der Waals surface area contributed by atoms with Crippen LogP contribution in [0.25, 0.3) is 0 Å². The van der Waals surface area contributed by atoms with Gasteiger partial charge in [0, 0.05) is 19.0 Å². The van der Waals surface area contributed by atoms with Gasteiger partial charge in [-0.15, -0.1) is 0 Å². The van der Waals surface area contributed by atoms with E-state index < -0.39 is 23.5 Å². The Hall–Kier alpha value is -1.49. The number of hydrogen-bond donors (Lipinski definition) is 0. The van der Waals surface area contributed by atoms with Crippen LogP contribution in [0.5, 0.6) is 0 Å². The molecule has 1 aliphatic rings. The minimum atomic E-state index is -1.07. The lowest BCUT2D eigenvalue weighted by Crippen LogP contribution is -2.44. The highest BCUT2D eigenvalue weighted by molar-refractivity contribution is 6.34. The molecule has 1 aromatic carbocycles. The van der Waals surface area contributed by atoms with Crippen LogP contribution >= 0.6 is 11.6 Å². The molecule has 0 aliphatic carbocycles. The van der Waals surface area contributed by atoms with Crippen molar-refractivity contribution in [3.05, 3.63) is 28.8 Å². The van der Waals surface area contributed by atoms with Gasteiger partial charge in [-0.2, -0.15) is 0 Å². The number of carbonyl (C=O) groups is 2. The molecular formula is C14H14ClF2NO2. The van der Waals surface area contributed by atoms with Gasteiger partial charge in [0.25, 0.3) is 0 Å². The fourth-order valence-electron chi connectivity index (χ4n) is 2.38. The smallest absolute Gasteiger partial charge is 0.237 e. The maximum absolute atomic E-state index is 13.3. The van der Waals surface area contributed by atoms with E-state index in [0.29, 0.717) is 19.4 Å². The minimum absolute atomic E-state index is 0.0400. The second kappa shape index (κ2) is 5.87. The van der Waals surface area contributed by atoms with Gasteiger partial charge in [-0.05, 0) is 18.9 Å². The summed E-state index contributed by atoms with van der Waals surface area (Å²) >= 11 is 5.88. The Morgan fingerprint density at radius 3 is 2.70 bits per heavy atom. The second-order valence-electron chi connectivity index (χ2n) is 4.72. The predicted octanol–water partition coefficient (Wildman–Crippen LogP) is 3.34. The highest BCUT2D eigenvalue weighted by Gasteiger charge is 2.34. The molecule has 1 saturated heterocycles. The monoisotopic (exact) mass is 301 g/mol. The van der Waals surface area contributed by atoms with Crippen molar-refractivity contribution in [1.29, 1.82) is 0 Å². The third-order valence-corrected chi connectivity index (χ3v) is 3.76. The molecule has 108 valence electrons. The van der Waals surface area contributed by atoms with Crippen LogP contribution in [0.4, 0.5) is 14.5 Å². The van der Waals surface area contributed by atoms with E-state index in [2.05, 4.69) is 0 Å². The zero-order valence-electron chi connectivity index (χ0n) is 11.0. The first kappa shape index (κ1) is 14.9. The van der Waals surface area contributed by atoms with E-state index >= 15 is 0 Å². The molecule has 1 aromatic rings. The first-order chi connectivity index (χ1) is 9.45. The van der Waals surface area contributed by atoms with Crippen LogP contribution in [0.1, 0.15) is 26.2 Å². The number of carbonyl (C=O) groups excluding carboxylic acids is 2. The number of hydrogen-bond acceptors (Lipinski definition) is 2. The summed E-state index contributed by atoms with van der Waals surface area (Å²) in [6.07, 6.45) is 1.39. The molecule has 1 atom stereocenters. The van der Waals surface area contributed by atoms with Gasteiger partial charge in [0.05, 0.1) is 16.6 Å². The highest BCUT2D eigenvalue weighted by atomic mass is 35.5. The van der Waals surface area contributed by atoms with Crippen molar-refractivity contribution in [1.82, 2.24) is 0 Å². The summed E-state index contributed by atoms with van der Waals surface area (Å²) in [6, 6.07) is 1.74. The Balaban J connectivity index is 2.35. The topological polar surface area (TPSA) is 37.4 Å². The summed E-state index contributed by atoms with van der Waals surface area (Å²) in [4.78, 5) is 25.3. The number of benzene rings is 1. The fraction of sp³-hybridized carbons (Fsp3) is 0.429. The predicted molar refractivity (Wildman–Crippen MR) is 71.7 cm³/mol. The molecule has 1 aliphatic heterocycles. The van der Waals surface area contributed by atoms with Crippen LogP contribution in [0.15, 0.2) is 12.1 Å². The Bertz CT molecular complexity index is 562. The van der Waals surface area contributed by atoms with Crippen LogP contribution in [0.3, 0.4) is 0 Å². The number of nitrogens with zero attached hydrogens (tertiary/aromatic N) is 1. The number of amides is 1. The molecule has 20 heavy (non-hydrogen) atoms. The quantitative estimate of drug-likeness (QED) is 0.634. The van der Waals surface area contributed by atoms with E-state index in [0.717, 1.165) is 12.1 Å². The number of rotatable bonds is 3. The summed E-state index contributed by atoms with van der Waals surface area (Å²) in [5.41, 5.74) is 0.115. The lowest BCUT2D eigenvalue weighted by Gasteiger charge is -2.32. The molecule has 1 fully saturated rings. The Labute approximate surface area is 120 Å². The van der Waals surface area contributed by atoms with Gasteiger partial charge in [0.15, 0.2) is 11.6 Å². The standard InChI is InChI=1S/C14H14ClF2NO2/c1-2-13(19)8-4-3-5-18(14(8)20)12-7-11(17)10(16)6-9(12)15/h6-8H,2-5H2,1H3/t8-/m0/s1. The van der Waals surface area contributed by atoms with Crippen molar-refractivity contribution in [2.75, 3.05) is 11.4 Å². The molecule has 3 nitrogen and oxygen atoms in total. The van der Waals surface area contributed by atoms with E-state index in [1.54, 1.807) is 6.92 Å². The minimum Gasteiger partial charge on any atom is -0.310 e. The zero-order chi connectivity index (χ0) is 14.9. The molecule has 0 aromatic heterocycles. The SMILES string of the molecule is CCC(=O)[C@@H]1CCCN(c2cc(F)c(F)cc2Cl)C1=O. The Morgan fingerprint density at radius 1 is 1.40 bits per heavy atom. The van der Waals surface area contributed by atoms with Crippen LogP contribution in [-0.2, 0) is 9.59 Å². The van der Waals surface area contributed by atoms with Crippen LogP contribution in [0.2, 0.25) is 5.02 Å². The third-order valence-electron chi connectivity index (χ3n) is 3.46. The summed E-state index contributed by atoms with van der Waals surface area (Å²) < 4.78 is 26.4. The van der Waals surface area contributed by atoms with Crippen LogP contribution < -0.4 is 4.90 Å². The zero-order valence-corrected chi connectivity index (χ0v) is 11.7. The van der Waals surface area contributed by atoms with Crippen molar-refractivity contribution in [3.8, 4) is 0 Å². The molecular weight excluding hydrogens is 288 g/mol. The number of anilines is 1. The third kappa shape index (κ3) is 2.68. The first-order valence-corrected chi connectivity index (χ1v) is 6.82. The molecule has 0 saturated carbocycles. The van der Waals surface area contributed by atoms with E-state index in [1.807, 2.05) is 0 Å². The van der Waals surface area contributed by atoms with Gasteiger partial charge >= 0.3 is 0 Å². The molecule has 0 radical (unpaired) electrons. The molecule has 6 heteroatoms. The van der Waals surface area contributed by atoms with Crippen LogP contribution in [-0.4, -0.2) is 18.2 Å². The molecule has 0 bridgehead atoms. The first-order valence-electron chi connectivity index (χ1n) is 6.44. The average molecular weight is 302 g/mol. The molecule has 0 N–H and O–H groups in total. The Kier molecular flexibility index (Phi) is 4.38. The number of halogens is 3. The summed E-state index contributed by atoms with van der Waals surface area (Å²) in [7, 11) is 0. The number of ketones is 1. The van der Waals surface area contributed by atoms with Crippen molar-refractivity contribution in [3.63, 3.8) is 0 Å². The normalized spacial score (nSPS) is 19.3. The van der Waals surface area contributed by atoms with Crippen molar-refractivity contribution < 1.29 is 18.4 Å². The van der Waals surface area contributed by atoms with Gasteiger partial charge in [0.2, 0.25) is 5.91 Å². The maximum atomic E-state index is 13.3. The van der Waals surface area contributed by atoms with E-state index in [4.69, 9.17) is 11.6 Å². The summed E-state index contributed by atoms with van der Waals surface area (Å²) in [5.74, 6) is -3.38. The van der Waals surface area contributed by atoms with Crippen molar-refractivity contribution >= 4 is 29.0 Å². The van der Waals surface area contributed by atoms with E-state index in [-0.39, 0.29) is 22.9 Å². The van der Waals surface area contributed by atoms with Gasteiger partial charge in [-0.3, -0.25) is 9.59 Å². The highest BCUT2D eigenvalue weighted by Crippen LogP contribution is 2.32. The van der Waals surface area contributed by atoms with Gasteiger partial charge in [0.1, 0.15) is 5.78 Å². The molecule has 0 unspecified atom stereocenters. The number of Topliss-reactive ketones (excluding diaryl/α,β-unsaturated/α-hetero) is 1. The number of piperidine rings is 1. The van der Waals surface area contributed by atoms with Gasteiger partial charge in [-0.25, -0.2) is 8.78 Å². The molecule has 1 amide bonds. The van der Waals surface area contributed by atoms with E-state index in [1.165, 1.54) is 4.90 Å². The summed E-state index contributed by atoms with van der Waals surface area (Å²) in [5, 5.41) is -0.0400.